The number of carbonyl (C=O) groups is 2. The van der Waals surface area contributed by atoms with Crippen molar-refractivity contribution in [2.45, 2.75) is 13.1 Å². The molecule has 4 rings (SSSR count). The lowest BCUT2D eigenvalue weighted by Crippen LogP contribution is -2.50. The number of hydrogen-bond donors (Lipinski definition) is 0. The zero-order valence-electron chi connectivity index (χ0n) is 16.2. The molecule has 156 valence electrons. The van der Waals surface area contributed by atoms with Crippen molar-refractivity contribution in [3.8, 4) is 0 Å². The van der Waals surface area contributed by atoms with Crippen molar-refractivity contribution < 1.29 is 22.8 Å². The molecule has 0 unspecified atom stereocenters. The lowest BCUT2D eigenvalue weighted by molar-refractivity contribution is -0.137. The highest BCUT2D eigenvalue weighted by molar-refractivity contribution is 5.95. The van der Waals surface area contributed by atoms with Crippen molar-refractivity contribution in [1.29, 1.82) is 0 Å². The number of rotatable bonds is 2. The van der Waals surface area contributed by atoms with Gasteiger partial charge < -0.3 is 14.2 Å². The summed E-state index contributed by atoms with van der Waals surface area (Å²) in [7, 11) is 0. The molecule has 1 aliphatic rings. The number of nitrogens with zero attached hydrogens (tertiary/aromatic N) is 4. The van der Waals surface area contributed by atoms with E-state index in [0.717, 1.165) is 17.8 Å². The van der Waals surface area contributed by atoms with E-state index in [1.165, 1.54) is 12.1 Å². The van der Waals surface area contributed by atoms with Crippen LogP contribution in [0.1, 0.15) is 32.1 Å². The quantitative estimate of drug-likeness (QED) is 0.645. The summed E-state index contributed by atoms with van der Waals surface area (Å²) in [5, 5.41) is 0. The van der Waals surface area contributed by atoms with E-state index in [-0.39, 0.29) is 17.4 Å². The van der Waals surface area contributed by atoms with Gasteiger partial charge in [0, 0.05) is 43.6 Å². The third-order valence-corrected chi connectivity index (χ3v) is 5.23. The third kappa shape index (κ3) is 3.74. The fourth-order valence-corrected chi connectivity index (χ4v) is 3.51. The molecule has 0 spiro atoms. The molecule has 3 aromatic rings. The van der Waals surface area contributed by atoms with Crippen molar-refractivity contribution in [3.05, 3.63) is 71.2 Å². The third-order valence-electron chi connectivity index (χ3n) is 5.23. The van der Waals surface area contributed by atoms with Crippen molar-refractivity contribution in [1.82, 2.24) is 19.2 Å². The first-order chi connectivity index (χ1) is 14.2. The highest BCUT2D eigenvalue weighted by Gasteiger charge is 2.31. The SMILES string of the molecule is Cc1cccc2nc(C(=O)N3CCN(C(=O)c4ccc(C(F)(F)F)cc4)CC3)cn12. The van der Waals surface area contributed by atoms with E-state index in [1.54, 1.807) is 16.0 Å². The summed E-state index contributed by atoms with van der Waals surface area (Å²) in [4.78, 5) is 32.9. The number of amides is 2. The van der Waals surface area contributed by atoms with Crippen LogP contribution in [0.4, 0.5) is 13.2 Å². The molecule has 3 heterocycles. The molecule has 0 bridgehead atoms. The summed E-state index contributed by atoms with van der Waals surface area (Å²) >= 11 is 0. The van der Waals surface area contributed by atoms with Crippen LogP contribution in [0.2, 0.25) is 0 Å². The fourth-order valence-electron chi connectivity index (χ4n) is 3.51. The Morgan fingerprint density at radius 3 is 2.07 bits per heavy atom. The minimum atomic E-state index is -4.44. The number of alkyl halides is 3. The second-order valence-corrected chi connectivity index (χ2v) is 7.18. The molecular formula is C21H19F3N4O2. The predicted octanol–water partition coefficient (Wildman–Crippen LogP) is 3.26. The van der Waals surface area contributed by atoms with Crippen LogP contribution in [-0.2, 0) is 6.18 Å². The van der Waals surface area contributed by atoms with Crippen molar-refractivity contribution in [2.24, 2.45) is 0 Å². The number of pyridine rings is 1. The molecule has 1 aliphatic heterocycles. The molecule has 9 heteroatoms. The van der Waals surface area contributed by atoms with Gasteiger partial charge in [0.1, 0.15) is 11.3 Å². The van der Waals surface area contributed by atoms with Gasteiger partial charge >= 0.3 is 6.18 Å². The second kappa shape index (κ2) is 7.47. The van der Waals surface area contributed by atoms with Gasteiger partial charge in [-0.25, -0.2) is 4.98 Å². The van der Waals surface area contributed by atoms with Crippen LogP contribution < -0.4 is 0 Å². The van der Waals surface area contributed by atoms with Gasteiger partial charge in [0.05, 0.1) is 5.56 Å². The maximum atomic E-state index is 12.8. The highest BCUT2D eigenvalue weighted by Crippen LogP contribution is 2.29. The number of carbonyl (C=O) groups excluding carboxylic acids is 2. The number of aromatic nitrogens is 2. The van der Waals surface area contributed by atoms with Gasteiger partial charge in [0.2, 0.25) is 0 Å². The number of imidazole rings is 1. The molecule has 1 aromatic carbocycles. The standard InChI is InChI=1S/C21H19F3N4O2/c1-14-3-2-4-18-25-17(13-28(14)18)20(30)27-11-9-26(10-12-27)19(29)15-5-7-16(8-6-15)21(22,23)24/h2-8,13H,9-12H2,1H3. The predicted molar refractivity (Wildman–Crippen MR) is 103 cm³/mol. The van der Waals surface area contributed by atoms with Gasteiger partial charge in [-0.2, -0.15) is 13.2 Å². The van der Waals surface area contributed by atoms with Gasteiger partial charge in [-0.1, -0.05) is 6.07 Å². The van der Waals surface area contributed by atoms with Gasteiger partial charge in [-0.15, -0.1) is 0 Å². The number of aryl methyl sites for hydroxylation is 1. The van der Waals surface area contributed by atoms with E-state index in [4.69, 9.17) is 0 Å². The molecule has 1 fully saturated rings. The zero-order valence-corrected chi connectivity index (χ0v) is 16.2. The van der Waals surface area contributed by atoms with Crippen LogP contribution >= 0.6 is 0 Å². The molecule has 6 nitrogen and oxygen atoms in total. The number of piperazine rings is 1. The van der Waals surface area contributed by atoms with Crippen LogP contribution in [-0.4, -0.2) is 57.2 Å². The van der Waals surface area contributed by atoms with E-state index in [9.17, 15) is 22.8 Å². The Morgan fingerprint density at radius 1 is 0.900 bits per heavy atom. The topological polar surface area (TPSA) is 57.9 Å². The summed E-state index contributed by atoms with van der Waals surface area (Å²) in [6.07, 6.45) is -2.74. The van der Waals surface area contributed by atoms with Gasteiger partial charge in [-0.3, -0.25) is 9.59 Å². The monoisotopic (exact) mass is 416 g/mol. The normalized spacial score (nSPS) is 14.9. The first kappa shape index (κ1) is 19.9. The number of fused-ring (bicyclic) bond motifs is 1. The Morgan fingerprint density at radius 2 is 1.50 bits per heavy atom. The fraction of sp³-hybridized carbons (Fsp3) is 0.286. The highest BCUT2D eigenvalue weighted by atomic mass is 19.4. The first-order valence-corrected chi connectivity index (χ1v) is 9.44. The average molecular weight is 416 g/mol. The maximum absolute atomic E-state index is 12.8. The Hall–Kier alpha value is -3.36. The largest absolute Gasteiger partial charge is 0.416 e. The van der Waals surface area contributed by atoms with Crippen molar-refractivity contribution >= 4 is 17.5 Å². The van der Waals surface area contributed by atoms with Crippen LogP contribution in [0.15, 0.2) is 48.7 Å². The minimum Gasteiger partial charge on any atom is -0.335 e. The van der Waals surface area contributed by atoms with Crippen molar-refractivity contribution in [2.75, 3.05) is 26.2 Å². The van der Waals surface area contributed by atoms with E-state index in [2.05, 4.69) is 4.98 Å². The first-order valence-electron chi connectivity index (χ1n) is 9.44. The summed E-state index contributed by atoms with van der Waals surface area (Å²) in [6.45, 7) is 3.20. The number of halogens is 3. The van der Waals surface area contributed by atoms with Crippen molar-refractivity contribution in [3.63, 3.8) is 0 Å². The van der Waals surface area contributed by atoms with Crippen LogP contribution in [0.3, 0.4) is 0 Å². The Balaban J connectivity index is 1.41. The molecule has 0 saturated carbocycles. The van der Waals surface area contributed by atoms with Crippen LogP contribution in [0, 0.1) is 6.92 Å². The molecule has 30 heavy (non-hydrogen) atoms. The minimum absolute atomic E-state index is 0.193. The zero-order chi connectivity index (χ0) is 21.5. The molecular weight excluding hydrogens is 397 g/mol. The van der Waals surface area contributed by atoms with Crippen LogP contribution in [0.5, 0.6) is 0 Å². The van der Waals surface area contributed by atoms with Gasteiger partial charge in [0.25, 0.3) is 11.8 Å². The molecule has 2 aromatic heterocycles. The lowest BCUT2D eigenvalue weighted by atomic mass is 10.1. The molecule has 0 aliphatic carbocycles. The Labute approximate surface area is 170 Å². The van der Waals surface area contributed by atoms with Gasteiger partial charge in [0.15, 0.2) is 0 Å². The average Bonchev–Trinajstić information content (AvgIpc) is 3.18. The molecule has 2 amide bonds. The van der Waals surface area contributed by atoms with E-state index in [0.29, 0.717) is 37.5 Å². The Kier molecular flexibility index (Phi) is 4.97. The number of hydrogen-bond acceptors (Lipinski definition) is 3. The van der Waals surface area contributed by atoms with Gasteiger partial charge in [-0.05, 0) is 43.3 Å². The summed E-state index contributed by atoms with van der Waals surface area (Å²) in [6, 6.07) is 9.79. The maximum Gasteiger partial charge on any atom is 0.416 e. The molecule has 0 N–H and O–H groups in total. The number of benzene rings is 1. The van der Waals surface area contributed by atoms with Crippen LogP contribution in [0.25, 0.3) is 5.65 Å². The van der Waals surface area contributed by atoms with E-state index >= 15 is 0 Å². The lowest BCUT2D eigenvalue weighted by Gasteiger charge is -2.34. The molecule has 1 saturated heterocycles. The summed E-state index contributed by atoms with van der Waals surface area (Å²) in [5.41, 5.74) is 1.39. The second-order valence-electron chi connectivity index (χ2n) is 7.18. The van der Waals surface area contributed by atoms with E-state index in [1.807, 2.05) is 29.5 Å². The summed E-state index contributed by atoms with van der Waals surface area (Å²) in [5.74, 6) is -0.557. The molecule has 0 atom stereocenters. The Bertz CT molecular complexity index is 1100. The summed E-state index contributed by atoms with van der Waals surface area (Å²) < 4.78 is 39.9. The smallest absolute Gasteiger partial charge is 0.335 e. The molecule has 0 radical (unpaired) electrons. The van der Waals surface area contributed by atoms with E-state index < -0.39 is 11.7 Å².